The first-order valence-corrected chi connectivity index (χ1v) is 9.70. The SMILES string of the molecule is CN(CCN(C=O)c1ccc(N2CCCCC2)cc1)c1cccc(C(=O)O)c1. The zero-order valence-corrected chi connectivity index (χ0v) is 16.3. The summed E-state index contributed by atoms with van der Waals surface area (Å²) in [6.45, 7) is 3.30. The van der Waals surface area contributed by atoms with Gasteiger partial charge in [0.05, 0.1) is 5.56 Å². The summed E-state index contributed by atoms with van der Waals surface area (Å²) in [5.74, 6) is -0.946. The Bertz CT molecular complexity index is 801. The van der Waals surface area contributed by atoms with Gasteiger partial charge in [0, 0.05) is 50.3 Å². The molecule has 6 heteroatoms. The number of carboxylic acid groups (broad SMARTS) is 1. The van der Waals surface area contributed by atoms with Gasteiger partial charge in [-0.05, 0) is 61.7 Å². The number of benzene rings is 2. The normalized spacial score (nSPS) is 13.8. The number of nitrogens with zero attached hydrogens (tertiary/aromatic N) is 3. The third kappa shape index (κ3) is 4.82. The first kappa shape index (κ1) is 19.7. The molecule has 1 fully saturated rings. The summed E-state index contributed by atoms with van der Waals surface area (Å²) >= 11 is 0. The van der Waals surface area contributed by atoms with Crippen LogP contribution in [0.2, 0.25) is 0 Å². The lowest BCUT2D eigenvalue weighted by Gasteiger charge is -2.29. The number of hydrogen-bond donors (Lipinski definition) is 1. The number of rotatable bonds is 8. The molecule has 0 unspecified atom stereocenters. The van der Waals surface area contributed by atoms with E-state index in [0.29, 0.717) is 13.1 Å². The van der Waals surface area contributed by atoms with Crippen molar-refractivity contribution in [2.75, 3.05) is 47.9 Å². The summed E-state index contributed by atoms with van der Waals surface area (Å²) in [6.07, 6.45) is 4.61. The van der Waals surface area contributed by atoms with Crippen molar-refractivity contribution in [1.29, 1.82) is 0 Å². The second-order valence-electron chi connectivity index (χ2n) is 7.14. The number of likely N-dealkylation sites (N-methyl/N-ethyl adjacent to an activating group) is 1. The zero-order chi connectivity index (χ0) is 19.9. The van der Waals surface area contributed by atoms with Crippen molar-refractivity contribution in [3.05, 3.63) is 54.1 Å². The highest BCUT2D eigenvalue weighted by molar-refractivity contribution is 5.88. The first-order chi connectivity index (χ1) is 13.6. The van der Waals surface area contributed by atoms with Crippen molar-refractivity contribution < 1.29 is 14.7 Å². The molecule has 1 saturated heterocycles. The molecule has 0 atom stereocenters. The third-order valence-corrected chi connectivity index (χ3v) is 5.24. The highest BCUT2D eigenvalue weighted by Gasteiger charge is 2.13. The lowest BCUT2D eigenvalue weighted by atomic mass is 10.1. The Labute approximate surface area is 166 Å². The fraction of sp³-hybridized carbons (Fsp3) is 0.364. The number of aromatic carboxylic acids is 1. The minimum Gasteiger partial charge on any atom is -0.478 e. The molecule has 28 heavy (non-hydrogen) atoms. The second kappa shape index (κ2) is 9.26. The predicted molar refractivity (Wildman–Crippen MR) is 113 cm³/mol. The van der Waals surface area contributed by atoms with Crippen LogP contribution in [0.1, 0.15) is 29.6 Å². The molecule has 6 nitrogen and oxygen atoms in total. The van der Waals surface area contributed by atoms with E-state index in [2.05, 4.69) is 17.0 Å². The molecule has 0 saturated carbocycles. The highest BCUT2D eigenvalue weighted by Crippen LogP contribution is 2.23. The van der Waals surface area contributed by atoms with Gasteiger partial charge in [-0.2, -0.15) is 0 Å². The van der Waals surface area contributed by atoms with Crippen molar-refractivity contribution in [3.8, 4) is 0 Å². The Morgan fingerprint density at radius 1 is 1.04 bits per heavy atom. The second-order valence-corrected chi connectivity index (χ2v) is 7.14. The summed E-state index contributed by atoms with van der Waals surface area (Å²) in [4.78, 5) is 28.8. The molecule has 0 aliphatic carbocycles. The van der Waals surface area contributed by atoms with Crippen molar-refractivity contribution >= 4 is 29.4 Å². The Balaban J connectivity index is 1.61. The van der Waals surface area contributed by atoms with Crippen LogP contribution in [0.3, 0.4) is 0 Å². The number of piperidine rings is 1. The Morgan fingerprint density at radius 2 is 1.75 bits per heavy atom. The molecule has 0 aromatic heterocycles. The summed E-state index contributed by atoms with van der Waals surface area (Å²) in [5.41, 5.74) is 3.14. The van der Waals surface area contributed by atoms with Crippen LogP contribution in [0.4, 0.5) is 17.1 Å². The van der Waals surface area contributed by atoms with E-state index >= 15 is 0 Å². The van der Waals surface area contributed by atoms with E-state index < -0.39 is 5.97 Å². The quantitative estimate of drug-likeness (QED) is 0.710. The molecule has 0 radical (unpaired) electrons. The molecule has 0 bridgehead atoms. The van der Waals surface area contributed by atoms with E-state index in [4.69, 9.17) is 5.11 Å². The van der Waals surface area contributed by atoms with Crippen LogP contribution >= 0.6 is 0 Å². The average molecular weight is 381 g/mol. The molecule has 3 rings (SSSR count). The molecule has 2 aromatic rings. The van der Waals surface area contributed by atoms with Gasteiger partial charge in [0.15, 0.2) is 0 Å². The number of hydrogen-bond acceptors (Lipinski definition) is 4. The molecular formula is C22H27N3O3. The number of anilines is 3. The van der Waals surface area contributed by atoms with Crippen LogP contribution in [-0.4, -0.2) is 50.7 Å². The molecule has 0 spiro atoms. The fourth-order valence-electron chi connectivity index (χ4n) is 3.51. The number of carbonyl (C=O) groups excluding carboxylic acids is 1. The average Bonchev–Trinajstić information content (AvgIpc) is 2.75. The lowest BCUT2D eigenvalue weighted by molar-refractivity contribution is -0.107. The predicted octanol–water partition coefficient (Wildman–Crippen LogP) is 3.47. The Kier molecular flexibility index (Phi) is 6.53. The Hall–Kier alpha value is -3.02. The number of carboxylic acids is 1. The summed E-state index contributed by atoms with van der Waals surface area (Å²) in [7, 11) is 1.89. The van der Waals surface area contributed by atoms with E-state index in [1.807, 2.05) is 30.1 Å². The molecule has 1 aliphatic rings. The van der Waals surface area contributed by atoms with Gasteiger partial charge < -0.3 is 19.8 Å². The minimum absolute atomic E-state index is 0.255. The zero-order valence-electron chi connectivity index (χ0n) is 16.3. The standard InChI is InChI=1S/C22H27N3O3/c1-23(21-7-5-6-18(16-21)22(27)28)14-15-25(17-26)20-10-8-19(9-11-20)24-12-3-2-4-13-24/h5-11,16-17H,2-4,12-15H2,1H3,(H,27,28). The van der Waals surface area contributed by atoms with Crippen LogP contribution in [0.25, 0.3) is 0 Å². The third-order valence-electron chi connectivity index (χ3n) is 5.24. The minimum atomic E-state index is -0.946. The smallest absolute Gasteiger partial charge is 0.335 e. The maximum absolute atomic E-state index is 11.6. The molecule has 2 aromatic carbocycles. The number of amides is 1. The monoisotopic (exact) mass is 381 g/mol. The van der Waals surface area contributed by atoms with Gasteiger partial charge in [-0.3, -0.25) is 4.79 Å². The molecule has 148 valence electrons. The van der Waals surface area contributed by atoms with Gasteiger partial charge in [0.1, 0.15) is 0 Å². The summed E-state index contributed by atoms with van der Waals surface area (Å²) < 4.78 is 0. The summed E-state index contributed by atoms with van der Waals surface area (Å²) in [5, 5.41) is 9.14. The van der Waals surface area contributed by atoms with Crippen molar-refractivity contribution in [3.63, 3.8) is 0 Å². The topological polar surface area (TPSA) is 64.1 Å². The van der Waals surface area contributed by atoms with Gasteiger partial charge >= 0.3 is 5.97 Å². The molecule has 1 aliphatic heterocycles. The van der Waals surface area contributed by atoms with Gasteiger partial charge in [-0.1, -0.05) is 6.07 Å². The van der Waals surface area contributed by atoms with E-state index in [1.54, 1.807) is 23.1 Å². The molecule has 1 N–H and O–H groups in total. The van der Waals surface area contributed by atoms with Gasteiger partial charge in [-0.15, -0.1) is 0 Å². The van der Waals surface area contributed by atoms with E-state index in [9.17, 15) is 9.59 Å². The van der Waals surface area contributed by atoms with Crippen molar-refractivity contribution in [2.24, 2.45) is 0 Å². The van der Waals surface area contributed by atoms with Gasteiger partial charge in [-0.25, -0.2) is 4.79 Å². The number of carbonyl (C=O) groups is 2. The maximum atomic E-state index is 11.6. The molecule has 1 amide bonds. The van der Waals surface area contributed by atoms with E-state index in [-0.39, 0.29) is 5.56 Å². The largest absolute Gasteiger partial charge is 0.478 e. The van der Waals surface area contributed by atoms with Crippen LogP contribution < -0.4 is 14.7 Å². The first-order valence-electron chi connectivity index (χ1n) is 9.70. The maximum Gasteiger partial charge on any atom is 0.335 e. The fourth-order valence-corrected chi connectivity index (χ4v) is 3.51. The van der Waals surface area contributed by atoms with Crippen LogP contribution in [-0.2, 0) is 4.79 Å². The lowest BCUT2D eigenvalue weighted by Crippen LogP contribution is -2.32. The summed E-state index contributed by atoms with van der Waals surface area (Å²) in [6, 6.07) is 14.9. The van der Waals surface area contributed by atoms with E-state index in [1.165, 1.54) is 24.9 Å². The van der Waals surface area contributed by atoms with Gasteiger partial charge in [0.25, 0.3) is 0 Å². The molecule has 1 heterocycles. The van der Waals surface area contributed by atoms with Crippen LogP contribution in [0.5, 0.6) is 0 Å². The highest BCUT2D eigenvalue weighted by atomic mass is 16.4. The molecular weight excluding hydrogens is 354 g/mol. The van der Waals surface area contributed by atoms with Gasteiger partial charge in [0.2, 0.25) is 6.41 Å². The van der Waals surface area contributed by atoms with E-state index in [0.717, 1.165) is 30.9 Å². The van der Waals surface area contributed by atoms with Crippen LogP contribution in [0.15, 0.2) is 48.5 Å². The van der Waals surface area contributed by atoms with Crippen LogP contribution in [0, 0.1) is 0 Å². The Morgan fingerprint density at radius 3 is 2.39 bits per heavy atom. The van der Waals surface area contributed by atoms with Crippen molar-refractivity contribution in [2.45, 2.75) is 19.3 Å². The van der Waals surface area contributed by atoms with Crippen molar-refractivity contribution in [1.82, 2.24) is 0 Å².